The Bertz CT molecular complexity index is 1600. The minimum Gasteiger partial charge on any atom is -0.358 e. The van der Waals surface area contributed by atoms with Crippen LogP contribution in [0.3, 0.4) is 0 Å². The van der Waals surface area contributed by atoms with Gasteiger partial charge in [-0.3, -0.25) is 14.6 Å². The molecule has 0 radical (unpaired) electrons. The third-order valence-corrected chi connectivity index (χ3v) is 6.15. The van der Waals surface area contributed by atoms with Crippen LogP contribution < -0.4 is 10.4 Å². The van der Waals surface area contributed by atoms with E-state index in [0.29, 0.717) is 46.6 Å². The molecule has 0 fully saturated rings. The van der Waals surface area contributed by atoms with Crippen LogP contribution in [0.15, 0.2) is 72.9 Å². The van der Waals surface area contributed by atoms with E-state index in [1.807, 2.05) is 0 Å². The largest absolute Gasteiger partial charge is 0.493 e. The number of benzene rings is 2. The maximum atomic E-state index is 13.3. The van der Waals surface area contributed by atoms with Gasteiger partial charge < -0.3 is 15.1 Å². The fraction of sp³-hybridized carbons (Fsp3) is 0.143. The van der Waals surface area contributed by atoms with Gasteiger partial charge in [-0.15, -0.1) is 5.06 Å². The number of rotatable bonds is 5. The average molecular weight is 552 g/mol. The third-order valence-electron chi connectivity index (χ3n) is 6.15. The van der Waals surface area contributed by atoms with Crippen molar-refractivity contribution >= 4 is 23.5 Å². The van der Waals surface area contributed by atoms with E-state index >= 15 is 0 Å². The van der Waals surface area contributed by atoms with Crippen LogP contribution in [0.4, 0.5) is 23.2 Å². The number of aromatic amines is 1. The topological polar surface area (TPSA) is 104 Å². The summed E-state index contributed by atoms with van der Waals surface area (Å²) in [6.45, 7) is 0.523. The quantitative estimate of drug-likeness (QED) is 0.274. The molecule has 2 amide bonds. The Morgan fingerprint density at radius 1 is 1.00 bits per heavy atom. The number of carbonyl (C=O) groups excluding carboxylic acids is 3. The van der Waals surface area contributed by atoms with Crippen molar-refractivity contribution in [3.05, 3.63) is 95.6 Å². The Morgan fingerprint density at radius 2 is 1.77 bits per heavy atom. The first-order chi connectivity index (χ1) is 19.1. The van der Waals surface area contributed by atoms with E-state index in [1.165, 1.54) is 36.5 Å². The highest BCUT2D eigenvalue weighted by molar-refractivity contribution is 5.98. The third kappa shape index (κ3) is 5.70. The lowest BCUT2D eigenvalue weighted by Crippen LogP contribution is -2.39. The molecule has 0 saturated heterocycles. The number of hydrogen-bond acceptors (Lipinski definition) is 5. The van der Waals surface area contributed by atoms with Gasteiger partial charge in [0.2, 0.25) is 0 Å². The molecule has 0 saturated carbocycles. The molecule has 3 heterocycles. The van der Waals surface area contributed by atoms with Crippen molar-refractivity contribution in [3.8, 4) is 22.5 Å². The number of nitrogens with zero attached hydrogens (tertiary/aromatic N) is 2. The average Bonchev–Trinajstić information content (AvgIpc) is 3.38. The Hall–Kier alpha value is -5.00. The Balaban J connectivity index is 1.46. The first kappa shape index (κ1) is 26.6. The number of hydrogen-bond donors (Lipinski definition) is 2. The van der Waals surface area contributed by atoms with Crippen molar-refractivity contribution < 1.29 is 36.8 Å². The van der Waals surface area contributed by atoms with E-state index in [-0.39, 0.29) is 16.7 Å². The number of fused-ring (bicyclic) bond motifs is 1. The van der Waals surface area contributed by atoms with Crippen molar-refractivity contribution in [1.82, 2.24) is 15.3 Å². The highest BCUT2D eigenvalue weighted by atomic mass is 19.4. The maximum Gasteiger partial charge on any atom is 0.493 e. The molecule has 1 aliphatic rings. The summed E-state index contributed by atoms with van der Waals surface area (Å²) in [5, 5.41) is 3.05. The van der Waals surface area contributed by atoms with E-state index in [0.717, 1.165) is 17.8 Å². The molecule has 0 bridgehead atoms. The number of nitrogens with one attached hydrogen (secondary N) is 2. The Kier molecular flexibility index (Phi) is 7.07. The lowest BCUT2D eigenvalue weighted by atomic mass is 10.1. The molecule has 2 aromatic heterocycles. The molecule has 8 nitrogen and oxygen atoms in total. The van der Waals surface area contributed by atoms with Crippen molar-refractivity contribution in [2.45, 2.75) is 19.0 Å². The van der Waals surface area contributed by atoms with Crippen LogP contribution in [-0.2, 0) is 27.3 Å². The van der Waals surface area contributed by atoms with Gasteiger partial charge in [0.25, 0.3) is 11.8 Å². The van der Waals surface area contributed by atoms with Crippen molar-refractivity contribution in [3.63, 3.8) is 0 Å². The van der Waals surface area contributed by atoms with Gasteiger partial charge in [0.1, 0.15) is 5.82 Å². The molecule has 0 atom stereocenters. The summed E-state index contributed by atoms with van der Waals surface area (Å²) in [4.78, 5) is 48.9. The molecule has 0 aliphatic carbocycles. The van der Waals surface area contributed by atoms with Crippen LogP contribution in [0.5, 0.6) is 0 Å². The summed E-state index contributed by atoms with van der Waals surface area (Å²) < 4.78 is 52.3. The summed E-state index contributed by atoms with van der Waals surface area (Å²) in [6.07, 6.45) is -3.64. The smallest absolute Gasteiger partial charge is 0.358 e. The fourth-order valence-corrected chi connectivity index (χ4v) is 4.23. The van der Waals surface area contributed by atoms with Crippen LogP contribution in [0.25, 0.3) is 22.5 Å². The van der Waals surface area contributed by atoms with Crippen LogP contribution in [-0.4, -0.2) is 40.5 Å². The Morgan fingerprint density at radius 3 is 2.50 bits per heavy atom. The zero-order valence-electron chi connectivity index (χ0n) is 20.6. The van der Waals surface area contributed by atoms with Crippen molar-refractivity contribution in [1.29, 1.82) is 0 Å². The number of alkyl halides is 3. The van der Waals surface area contributed by atoms with Crippen molar-refractivity contribution in [2.24, 2.45) is 0 Å². The first-order valence-corrected chi connectivity index (χ1v) is 12.0. The van der Waals surface area contributed by atoms with Crippen LogP contribution in [0.1, 0.15) is 21.6 Å². The summed E-state index contributed by atoms with van der Waals surface area (Å²) in [7, 11) is 0. The van der Waals surface area contributed by atoms with E-state index in [9.17, 15) is 31.9 Å². The predicted octanol–water partition coefficient (Wildman–Crippen LogP) is 4.76. The monoisotopic (exact) mass is 552 g/mol. The normalized spacial score (nSPS) is 12.8. The number of carbonyl (C=O) groups is 3. The molecule has 2 aromatic carbocycles. The molecule has 2 N–H and O–H groups in total. The second-order valence-corrected chi connectivity index (χ2v) is 8.93. The summed E-state index contributed by atoms with van der Waals surface area (Å²) in [6, 6.07) is 15.7. The zero-order chi connectivity index (χ0) is 28.4. The molecule has 40 heavy (non-hydrogen) atoms. The fourth-order valence-electron chi connectivity index (χ4n) is 4.23. The minimum atomic E-state index is -5.35. The second-order valence-electron chi connectivity index (χ2n) is 8.93. The van der Waals surface area contributed by atoms with Gasteiger partial charge in [-0.05, 0) is 48.0 Å². The summed E-state index contributed by atoms with van der Waals surface area (Å²) in [5.74, 6) is -4.30. The zero-order valence-corrected chi connectivity index (χ0v) is 20.6. The van der Waals surface area contributed by atoms with Gasteiger partial charge in [-0.2, -0.15) is 13.2 Å². The van der Waals surface area contributed by atoms with Gasteiger partial charge in [0.15, 0.2) is 0 Å². The molecule has 204 valence electrons. The summed E-state index contributed by atoms with van der Waals surface area (Å²) in [5.41, 5.74) is 3.70. The van der Waals surface area contributed by atoms with E-state index in [2.05, 4.69) is 20.1 Å². The molecule has 5 rings (SSSR count). The molecule has 0 spiro atoms. The molecule has 4 aromatic rings. The van der Waals surface area contributed by atoms with E-state index < -0.39 is 30.3 Å². The highest BCUT2D eigenvalue weighted by Gasteiger charge is 2.43. The standard InChI is InChI=1S/C28H20F4N4O4/c29-19-6-4-16(5-7-19)12-25(37)36(40-27(39)28(30,31)32)20-3-1-2-17(13-20)23-14-18(8-10-33-23)24-15-21-22(35-24)9-11-34-26(21)38/h1-8,10,13-15,35H,9,11-12H2,(H,34,38). The van der Waals surface area contributed by atoms with Gasteiger partial charge in [-0.25, -0.2) is 9.18 Å². The van der Waals surface area contributed by atoms with Crippen LogP contribution >= 0.6 is 0 Å². The first-order valence-electron chi connectivity index (χ1n) is 12.0. The van der Waals surface area contributed by atoms with Crippen LogP contribution in [0, 0.1) is 5.82 Å². The lowest BCUT2D eigenvalue weighted by molar-refractivity contribution is -0.201. The lowest BCUT2D eigenvalue weighted by Gasteiger charge is -2.22. The van der Waals surface area contributed by atoms with Gasteiger partial charge in [0, 0.05) is 41.7 Å². The van der Waals surface area contributed by atoms with Crippen molar-refractivity contribution in [2.75, 3.05) is 11.6 Å². The molecule has 0 unspecified atom stereocenters. The van der Waals surface area contributed by atoms with Gasteiger partial charge in [0.05, 0.1) is 23.4 Å². The Labute approximate surface area is 224 Å². The van der Waals surface area contributed by atoms with Crippen LogP contribution in [0.2, 0.25) is 0 Å². The van der Waals surface area contributed by atoms with Gasteiger partial charge in [-0.1, -0.05) is 24.3 Å². The second kappa shape index (κ2) is 10.6. The molecular weight excluding hydrogens is 532 g/mol. The number of aromatic nitrogens is 2. The van der Waals surface area contributed by atoms with E-state index in [4.69, 9.17) is 0 Å². The summed E-state index contributed by atoms with van der Waals surface area (Å²) >= 11 is 0. The molecule has 1 aliphatic heterocycles. The number of hydroxylamine groups is 1. The van der Waals surface area contributed by atoms with E-state index in [1.54, 1.807) is 24.3 Å². The maximum absolute atomic E-state index is 13.3. The minimum absolute atomic E-state index is 0.151. The van der Waals surface area contributed by atoms with Gasteiger partial charge >= 0.3 is 12.1 Å². The molecule has 12 heteroatoms. The predicted molar refractivity (Wildman–Crippen MR) is 135 cm³/mol. The number of H-pyrrole nitrogens is 1. The number of anilines is 1. The molecular formula is C28H20F4N4O4. The highest BCUT2D eigenvalue weighted by Crippen LogP contribution is 2.30. The SMILES string of the molecule is O=C1NCCc2[nH]c(-c3ccnc(-c4cccc(N(OC(=O)C(F)(F)F)C(=O)Cc5ccc(F)cc5)c4)c3)cc21. The number of amides is 2. The number of halogens is 4. The number of pyridine rings is 1.